The lowest BCUT2D eigenvalue weighted by Gasteiger charge is -2.26. The number of halogens is 3. The molecule has 1 N–H and O–H groups in total. The van der Waals surface area contributed by atoms with E-state index in [4.69, 9.17) is 9.47 Å². The van der Waals surface area contributed by atoms with E-state index in [-0.39, 0.29) is 36.9 Å². The van der Waals surface area contributed by atoms with Crippen molar-refractivity contribution in [3.05, 3.63) is 47.9 Å². The Labute approximate surface area is 220 Å². The van der Waals surface area contributed by atoms with Crippen LogP contribution in [0.15, 0.2) is 36.5 Å². The fourth-order valence-electron chi connectivity index (χ4n) is 3.86. The molecule has 0 saturated carbocycles. The van der Waals surface area contributed by atoms with Gasteiger partial charge in [-0.1, -0.05) is 6.07 Å². The number of nitrogens with one attached hydrogen (secondary N) is 1. The molecule has 11 nitrogen and oxygen atoms in total. The Kier molecular flexibility index (Phi) is 8.64. The molecule has 0 spiro atoms. The number of benzene rings is 1. The lowest BCUT2D eigenvalue weighted by atomic mass is 10.2. The minimum Gasteiger partial charge on any atom is -0.491 e. The molecule has 2 aromatic heterocycles. The molecule has 1 aromatic carbocycles. The summed E-state index contributed by atoms with van der Waals surface area (Å²) in [5.74, 6) is -1.25. The predicted octanol–water partition coefficient (Wildman–Crippen LogP) is 2.89. The third-order valence-electron chi connectivity index (χ3n) is 5.85. The summed E-state index contributed by atoms with van der Waals surface area (Å²) in [5.41, 5.74) is -1.02. The van der Waals surface area contributed by atoms with Gasteiger partial charge in [0.2, 0.25) is 5.91 Å². The van der Waals surface area contributed by atoms with E-state index in [9.17, 15) is 27.6 Å². The lowest BCUT2D eigenvalue weighted by molar-refractivity contribution is -0.141. The van der Waals surface area contributed by atoms with Gasteiger partial charge >= 0.3 is 12.1 Å². The van der Waals surface area contributed by atoms with E-state index >= 15 is 0 Å². The van der Waals surface area contributed by atoms with Crippen LogP contribution in [0.3, 0.4) is 0 Å². The number of rotatable bonds is 9. The van der Waals surface area contributed by atoms with E-state index in [2.05, 4.69) is 20.1 Å². The normalized spacial score (nSPS) is 13.8. The minimum absolute atomic E-state index is 0.0140. The van der Waals surface area contributed by atoms with Crippen molar-refractivity contribution in [1.82, 2.24) is 19.7 Å². The van der Waals surface area contributed by atoms with Gasteiger partial charge in [0.05, 0.1) is 38.1 Å². The smallest absolute Gasteiger partial charge is 0.433 e. The highest BCUT2D eigenvalue weighted by Gasteiger charge is 2.33. The van der Waals surface area contributed by atoms with Gasteiger partial charge in [-0.3, -0.25) is 19.1 Å². The summed E-state index contributed by atoms with van der Waals surface area (Å²) >= 11 is 0. The van der Waals surface area contributed by atoms with Crippen LogP contribution in [0, 0.1) is 0 Å². The second-order valence-electron chi connectivity index (χ2n) is 8.62. The molecule has 2 amide bonds. The quantitative estimate of drug-likeness (QED) is 0.319. The highest BCUT2D eigenvalue weighted by Crippen LogP contribution is 2.31. The Morgan fingerprint density at radius 1 is 1.15 bits per heavy atom. The average molecular weight is 550 g/mol. The molecule has 0 atom stereocenters. The Morgan fingerprint density at radius 2 is 1.92 bits per heavy atom. The van der Waals surface area contributed by atoms with Crippen molar-refractivity contribution in [2.24, 2.45) is 0 Å². The zero-order valence-corrected chi connectivity index (χ0v) is 21.0. The standard InChI is InChI=1S/C25H26F3N5O6/c1-37-23(35)6-3-9-39-20-13-18-16(14-33(31-18)15-22(34)32-7-10-38-11-8-32)12-19(20)30-24(36)17-4-2-5-21(29-17)25(26,27)28/h2,4-5,12-14H,3,6-11,15H2,1H3,(H,30,36). The molecular weight excluding hydrogens is 523 g/mol. The topological polar surface area (TPSA) is 125 Å². The van der Waals surface area contributed by atoms with Crippen LogP contribution in [0.5, 0.6) is 5.75 Å². The fraction of sp³-hybridized carbons (Fsp3) is 0.400. The maximum absolute atomic E-state index is 13.1. The number of carbonyl (C=O) groups excluding carboxylic acids is 3. The van der Waals surface area contributed by atoms with Crippen LogP contribution in [0.2, 0.25) is 0 Å². The fourth-order valence-corrected chi connectivity index (χ4v) is 3.86. The molecule has 0 aliphatic carbocycles. The largest absolute Gasteiger partial charge is 0.491 e. The molecule has 0 radical (unpaired) electrons. The molecule has 0 unspecified atom stereocenters. The Morgan fingerprint density at radius 3 is 2.64 bits per heavy atom. The van der Waals surface area contributed by atoms with Gasteiger partial charge in [-0.15, -0.1) is 0 Å². The van der Waals surface area contributed by atoms with E-state index in [1.807, 2.05) is 0 Å². The average Bonchev–Trinajstić information content (AvgIpc) is 3.31. The first kappa shape index (κ1) is 27.8. The number of hydrogen-bond acceptors (Lipinski definition) is 8. The summed E-state index contributed by atoms with van der Waals surface area (Å²) in [7, 11) is 1.27. The molecule has 1 fully saturated rings. The molecular formula is C25H26F3N5O6. The molecule has 1 aliphatic heterocycles. The third-order valence-corrected chi connectivity index (χ3v) is 5.85. The van der Waals surface area contributed by atoms with Crippen LogP contribution in [0.25, 0.3) is 10.9 Å². The monoisotopic (exact) mass is 549 g/mol. The van der Waals surface area contributed by atoms with Gasteiger partial charge in [-0.2, -0.15) is 18.3 Å². The summed E-state index contributed by atoms with van der Waals surface area (Å²) in [6, 6.07) is 6.10. The first-order valence-electron chi connectivity index (χ1n) is 12.1. The van der Waals surface area contributed by atoms with Gasteiger partial charge < -0.3 is 24.4 Å². The van der Waals surface area contributed by atoms with Gasteiger partial charge in [-0.05, 0) is 24.6 Å². The van der Waals surface area contributed by atoms with Crippen molar-refractivity contribution in [2.75, 3.05) is 45.3 Å². The Hall–Kier alpha value is -4.20. The van der Waals surface area contributed by atoms with Crippen LogP contribution < -0.4 is 10.1 Å². The summed E-state index contributed by atoms with van der Waals surface area (Å²) in [6.07, 6.45) is -2.67. The second kappa shape index (κ2) is 12.1. The van der Waals surface area contributed by atoms with Crippen LogP contribution in [-0.2, 0) is 31.8 Å². The van der Waals surface area contributed by atoms with E-state index < -0.39 is 29.4 Å². The van der Waals surface area contributed by atoms with Crippen LogP contribution in [0.1, 0.15) is 29.0 Å². The molecule has 39 heavy (non-hydrogen) atoms. The molecule has 0 bridgehead atoms. The van der Waals surface area contributed by atoms with Gasteiger partial charge in [0.15, 0.2) is 0 Å². The number of nitrogens with zero attached hydrogens (tertiary/aromatic N) is 4. The number of anilines is 1. The highest BCUT2D eigenvalue weighted by atomic mass is 19.4. The Bertz CT molecular complexity index is 1350. The van der Waals surface area contributed by atoms with Crippen molar-refractivity contribution >= 4 is 34.4 Å². The first-order valence-corrected chi connectivity index (χ1v) is 12.1. The lowest BCUT2D eigenvalue weighted by Crippen LogP contribution is -2.42. The molecule has 4 rings (SSSR count). The number of esters is 1. The number of fused-ring (bicyclic) bond motifs is 1. The number of carbonyl (C=O) groups is 3. The zero-order valence-electron chi connectivity index (χ0n) is 21.0. The van der Waals surface area contributed by atoms with E-state index in [0.717, 1.165) is 18.2 Å². The number of methoxy groups -OCH3 is 1. The second-order valence-corrected chi connectivity index (χ2v) is 8.62. The zero-order chi connectivity index (χ0) is 28.0. The van der Waals surface area contributed by atoms with Crippen molar-refractivity contribution in [3.8, 4) is 5.75 Å². The molecule has 1 aliphatic rings. The molecule has 3 aromatic rings. The van der Waals surface area contributed by atoms with Gasteiger partial charge in [0.25, 0.3) is 5.91 Å². The van der Waals surface area contributed by atoms with Crippen LogP contribution >= 0.6 is 0 Å². The minimum atomic E-state index is -4.71. The molecule has 3 heterocycles. The van der Waals surface area contributed by atoms with Gasteiger partial charge in [0, 0.05) is 37.2 Å². The number of amides is 2. The van der Waals surface area contributed by atoms with Gasteiger partial charge in [-0.25, -0.2) is 4.98 Å². The first-order chi connectivity index (χ1) is 18.6. The molecule has 1 saturated heterocycles. The maximum Gasteiger partial charge on any atom is 0.433 e. The third kappa shape index (κ3) is 7.22. The summed E-state index contributed by atoms with van der Waals surface area (Å²) in [6.45, 7) is 1.98. The number of morpholine rings is 1. The van der Waals surface area contributed by atoms with E-state index in [1.165, 1.54) is 11.8 Å². The number of ether oxygens (including phenoxy) is 3. The summed E-state index contributed by atoms with van der Waals surface area (Å²) < 4.78 is 56.3. The van der Waals surface area contributed by atoms with Crippen molar-refractivity contribution in [3.63, 3.8) is 0 Å². The maximum atomic E-state index is 13.1. The summed E-state index contributed by atoms with van der Waals surface area (Å²) in [4.78, 5) is 42.0. The SMILES string of the molecule is COC(=O)CCCOc1cc2nn(CC(=O)N3CCOCC3)cc2cc1NC(=O)c1cccc(C(F)(F)F)n1. The van der Waals surface area contributed by atoms with Crippen LogP contribution in [0.4, 0.5) is 18.9 Å². The van der Waals surface area contributed by atoms with Crippen molar-refractivity contribution < 1.29 is 41.8 Å². The highest BCUT2D eigenvalue weighted by molar-refractivity contribution is 6.05. The van der Waals surface area contributed by atoms with E-state index in [1.54, 1.807) is 23.2 Å². The number of pyridine rings is 1. The number of aromatic nitrogens is 3. The molecule has 208 valence electrons. The Balaban J connectivity index is 1.57. The van der Waals surface area contributed by atoms with Crippen molar-refractivity contribution in [2.45, 2.75) is 25.6 Å². The predicted molar refractivity (Wildman–Crippen MR) is 131 cm³/mol. The summed E-state index contributed by atoms with van der Waals surface area (Å²) in [5, 5.41) is 7.53. The van der Waals surface area contributed by atoms with Crippen LogP contribution in [-0.4, -0.2) is 77.5 Å². The number of hydrogen-bond donors (Lipinski definition) is 1. The van der Waals surface area contributed by atoms with Crippen molar-refractivity contribution in [1.29, 1.82) is 0 Å². The van der Waals surface area contributed by atoms with E-state index in [0.29, 0.717) is 43.6 Å². The number of alkyl halides is 3. The van der Waals surface area contributed by atoms with Gasteiger partial charge in [0.1, 0.15) is 23.7 Å². The molecule has 14 heteroatoms.